The van der Waals surface area contributed by atoms with E-state index in [4.69, 9.17) is 0 Å². The SMILES string of the molecule is O=[N+]([O-])c1ccc(C(O)CNc2cccc(F)c2F)cc1. The normalized spacial score (nSPS) is 12.0. The summed E-state index contributed by atoms with van der Waals surface area (Å²) in [6, 6.07) is 9.04. The van der Waals surface area contributed by atoms with Crippen LogP contribution in [0.1, 0.15) is 11.7 Å². The Kier molecular flexibility index (Phi) is 4.44. The molecule has 0 aromatic heterocycles. The van der Waals surface area contributed by atoms with E-state index < -0.39 is 22.7 Å². The molecule has 0 saturated heterocycles. The van der Waals surface area contributed by atoms with Gasteiger partial charge in [-0.15, -0.1) is 0 Å². The minimum atomic E-state index is -1.02. The molecule has 2 aromatic rings. The van der Waals surface area contributed by atoms with Gasteiger partial charge in [-0.3, -0.25) is 10.1 Å². The van der Waals surface area contributed by atoms with Crippen molar-refractivity contribution in [3.8, 4) is 0 Å². The molecule has 0 aliphatic heterocycles. The smallest absolute Gasteiger partial charge is 0.269 e. The average Bonchev–Trinajstić information content (AvgIpc) is 2.48. The van der Waals surface area contributed by atoms with E-state index in [-0.39, 0.29) is 17.9 Å². The molecule has 1 unspecified atom stereocenters. The molecular weight excluding hydrogens is 282 g/mol. The maximum Gasteiger partial charge on any atom is 0.269 e. The van der Waals surface area contributed by atoms with Gasteiger partial charge in [0.25, 0.3) is 5.69 Å². The highest BCUT2D eigenvalue weighted by Gasteiger charge is 2.12. The van der Waals surface area contributed by atoms with E-state index in [9.17, 15) is 24.0 Å². The molecule has 2 N–H and O–H groups in total. The van der Waals surface area contributed by atoms with Crippen LogP contribution in [0, 0.1) is 21.7 Å². The van der Waals surface area contributed by atoms with E-state index >= 15 is 0 Å². The van der Waals surface area contributed by atoms with E-state index in [1.807, 2.05) is 0 Å². The maximum atomic E-state index is 13.4. The van der Waals surface area contributed by atoms with Crippen LogP contribution < -0.4 is 5.32 Å². The average molecular weight is 294 g/mol. The van der Waals surface area contributed by atoms with Crippen molar-refractivity contribution in [3.63, 3.8) is 0 Å². The number of benzene rings is 2. The first-order valence-electron chi connectivity index (χ1n) is 6.09. The number of aliphatic hydroxyl groups is 1. The molecule has 0 spiro atoms. The van der Waals surface area contributed by atoms with Crippen molar-refractivity contribution in [2.45, 2.75) is 6.10 Å². The van der Waals surface area contributed by atoms with E-state index in [0.29, 0.717) is 5.56 Å². The second-order valence-electron chi connectivity index (χ2n) is 4.35. The Morgan fingerprint density at radius 1 is 1.19 bits per heavy atom. The first kappa shape index (κ1) is 14.9. The second kappa shape index (κ2) is 6.27. The molecule has 2 aromatic carbocycles. The Morgan fingerprint density at radius 3 is 2.48 bits per heavy atom. The Balaban J connectivity index is 2.03. The lowest BCUT2D eigenvalue weighted by Crippen LogP contribution is -2.13. The van der Waals surface area contributed by atoms with Crippen LogP contribution in [-0.4, -0.2) is 16.6 Å². The molecule has 0 fully saturated rings. The molecule has 0 radical (unpaired) electrons. The number of nitro benzene ring substituents is 1. The molecule has 0 aliphatic carbocycles. The van der Waals surface area contributed by atoms with Crippen LogP contribution in [0.2, 0.25) is 0 Å². The van der Waals surface area contributed by atoms with Crippen LogP contribution >= 0.6 is 0 Å². The summed E-state index contributed by atoms with van der Waals surface area (Å²) in [5.41, 5.74) is 0.288. The molecule has 1 atom stereocenters. The summed E-state index contributed by atoms with van der Waals surface area (Å²) in [6.45, 7) is -0.0574. The van der Waals surface area contributed by atoms with Gasteiger partial charge in [0.05, 0.1) is 16.7 Å². The molecule has 21 heavy (non-hydrogen) atoms. The van der Waals surface area contributed by atoms with Gasteiger partial charge in [0.2, 0.25) is 0 Å². The largest absolute Gasteiger partial charge is 0.387 e. The fraction of sp³-hybridized carbons (Fsp3) is 0.143. The van der Waals surface area contributed by atoms with Gasteiger partial charge in [-0.1, -0.05) is 6.07 Å². The van der Waals surface area contributed by atoms with Crippen LogP contribution in [-0.2, 0) is 0 Å². The van der Waals surface area contributed by atoms with Crippen molar-refractivity contribution in [2.24, 2.45) is 0 Å². The summed E-state index contributed by atoms with van der Waals surface area (Å²) < 4.78 is 26.4. The Morgan fingerprint density at radius 2 is 1.86 bits per heavy atom. The zero-order valence-corrected chi connectivity index (χ0v) is 10.8. The number of halogens is 2. The van der Waals surface area contributed by atoms with Gasteiger partial charge in [0.15, 0.2) is 11.6 Å². The van der Waals surface area contributed by atoms with Crippen molar-refractivity contribution in [1.82, 2.24) is 0 Å². The number of non-ortho nitro benzene ring substituents is 1. The van der Waals surface area contributed by atoms with E-state index in [1.165, 1.54) is 36.4 Å². The van der Waals surface area contributed by atoms with Crippen molar-refractivity contribution < 1.29 is 18.8 Å². The van der Waals surface area contributed by atoms with Crippen LogP contribution in [0.25, 0.3) is 0 Å². The maximum absolute atomic E-state index is 13.4. The number of hydrogen-bond acceptors (Lipinski definition) is 4. The van der Waals surface area contributed by atoms with E-state index in [2.05, 4.69) is 5.32 Å². The van der Waals surface area contributed by atoms with E-state index in [0.717, 1.165) is 6.07 Å². The van der Waals surface area contributed by atoms with Gasteiger partial charge in [0.1, 0.15) is 0 Å². The predicted molar refractivity (Wildman–Crippen MR) is 72.9 cm³/mol. The molecule has 0 amide bonds. The molecule has 2 rings (SSSR count). The first-order chi connectivity index (χ1) is 9.99. The van der Waals surface area contributed by atoms with Crippen LogP contribution in [0.15, 0.2) is 42.5 Å². The lowest BCUT2D eigenvalue weighted by molar-refractivity contribution is -0.384. The standard InChI is InChI=1S/C14H12F2N2O3/c15-11-2-1-3-12(14(11)16)17-8-13(19)9-4-6-10(7-5-9)18(20)21/h1-7,13,17,19H,8H2. The number of rotatable bonds is 5. The topological polar surface area (TPSA) is 75.4 Å². The molecule has 110 valence electrons. The van der Waals surface area contributed by atoms with Crippen molar-refractivity contribution in [1.29, 1.82) is 0 Å². The fourth-order valence-electron chi connectivity index (χ4n) is 1.78. The number of nitrogens with one attached hydrogen (secondary N) is 1. The molecule has 0 aliphatic rings. The van der Waals surface area contributed by atoms with Crippen molar-refractivity contribution in [2.75, 3.05) is 11.9 Å². The summed E-state index contributed by atoms with van der Waals surface area (Å²) in [5.74, 6) is -2.00. The summed E-state index contributed by atoms with van der Waals surface area (Å²) in [5, 5.41) is 23.0. The Hall–Kier alpha value is -2.54. The monoisotopic (exact) mass is 294 g/mol. The van der Waals surface area contributed by atoms with Gasteiger partial charge in [-0.2, -0.15) is 0 Å². The Bertz CT molecular complexity index is 647. The lowest BCUT2D eigenvalue weighted by atomic mass is 10.1. The first-order valence-corrected chi connectivity index (χ1v) is 6.09. The zero-order chi connectivity index (χ0) is 15.4. The molecular formula is C14H12F2N2O3. The van der Waals surface area contributed by atoms with E-state index in [1.54, 1.807) is 0 Å². The third-order valence-corrected chi connectivity index (χ3v) is 2.93. The zero-order valence-electron chi connectivity index (χ0n) is 10.8. The van der Waals surface area contributed by atoms with Gasteiger partial charge in [-0.25, -0.2) is 8.78 Å². The third kappa shape index (κ3) is 3.51. The van der Waals surface area contributed by atoms with Crippen LogP contribution in [0.4, 0.5) is 20.2 Å². The molecule has 0 heterocycles. The molecule has 5 nitrogen and oxygen atoms in total. The summed E-state index contributed by atoms with van der Waals surface area (Å²) in [4.78, 5) is 9.97. The number of aliphatic hydroxyl groups excluding tert-OH is 1. The molecule has 0 bridgehead atoms. The van der Waals surface area contributed by atoms with Crippen molar-refractivity contribution in [3.05, 3.63) is 69.8 Å². The molecule has 0 saturated carbocycles. The number of nitro groups is 1. The summed E-state index contributed by atoms with van der Waals surface area (Å²) in [6.07, 6.45) is -1.01. The number of hydrogen-bond donors (Lipinski definition) is 2. The summed E-state index contributed by atoms with van der Waals surface area (Å²) >= 11 is 0. The minimum Gasteiger partial charge on any atom is -0.387 e. The summed E-state index contributed by atoms with van der Waals surface area (Å²) in [7, 11) is 0. The van der Waals surface area contributed by atoms with Gasteiger partial charge in [-0.05, 0) is 29.8 Å². The number of anilines is 1. The van der Waals surface area contributed by atoms with Crippen LogP contribution in [0.3, 0.4) is 0 Å². The fourth-order valence-corrected chi connectivity index (χ4v) is 1.78. The Labute approximate surface area is 119 Å². The highest BCUT2D eigenvalue weighted by molar-refractivity contribution is 5.45. The highest BCUT2D eigenvalue weighted by Crippen LogP contribution is 2.20. The lowest BCUT2D eigenvalue weighted by Gasteiger charge is -2.13. The van der Waals surface area contributed by atoms with Crippen molar-refractivity contribution >= 4 is 11.4 Å². The van der Waals surface area contributed by atoms with Crippen LogP contribution in [0.5, 0.6) is 0 Å². The quantitative estimate of drug-likeness (QED) is 0.656. The van der Waals surface area contributed by atoms with Gasteiger partial charge < -0.3 is 10.4 Å². The highest BCUT2D eigenvalue weighted by atomic mass is 19.2. The van der Waals surface area contributed by atoms with Gasteiger partial charge >= 0.3 is 0 Å². The number of nitrogens with zero attached hydrogens (tertiary/aromatic N) is 1. The van der Waals surface area contributed by atoms with Gasteiger partial charge in [0, 0.05) is 18.7 Å². The second-order valence-corrected chi connectivity index (χ2v) is 4.35. The third-order valence-electron chi connectivity index (χ3n) is 2.93. The predicted octanol–water partition coefficient (Wildman–Crippen LogP) is 3.02. The molecule has 7 heteroatoms. The minimum absolute atomic E-state index is 0.0574.